The van der Waals surface area contributed by atoms with Gasteiger partial charge in [-0.3, -0.25) is 10.1 Å². The molecule has 0 aliphatic carbocycles. The standard InChI is InChI=1S/C14H8ClFN2O3/c15-13-2-1-3-14(12(13)7-17)21-8-9-4-10(16)6-11(5-9)18(19)20/h1-6H,8H2. The second-order valence-electron chi connectivity index (χ2n) is 4.09. The van der Waals surface area contributed by atoms with Gasteiger partial charge in [0.25, 0.3) is 5.69 Å². The maximum atomic E-state index is 13.3. The SMILES string of the molecule is N#Cc1c(Cl)cccc1OCc1cc(F)cc([N+](=O)[O-])c1. The van der Waals surface area contributed by atoms with Crippen molar-refractivity contribution < 1.29 is 14.1 Å². The van der Waals surface area contributed by atoms with Crippen LogP contribution in [0.5, 0.6) is 5.75 Å². The van der Waals surface area contributed by atoms with Gasteiger partial charge in [0.05, 0.1) is 16.0 Å². The lowest BCUT2D eigenvalue weighted by Gasteiger charge is -2.08. The zero-order chi connectivity index (χ0) is 15.4. The molecule has 0 bridgehead atoms. The van der Waals surface area contributed by atoms with Crippen molar-refractivity contribution in [1.82, 2.24) is 0 Å². The molecule has 0 saturated heterocycles. The van der Waals surface area contributed by atoms with E-state index in [0.717, 1.165) is 12.1 Å². The summed E-state index contributed by atoms with van der Waals surface area (Å²) >= 11 is 5.85. The first-order valence-electron chi connectivity index (χ1n) is 5.76. The predicted octanol–water partition coefficient (Wildman–Crippen LogP) is 3.84. The molecule has 5 nitrogen and oxygen atoms in total. The van der Waals surface area contributed by atoms with Crippen LogP contribution in [-0.4, -0.2) is 4.92 Å². The van der Waals surface area contributed by atoms with Gasteiger partial charge < -0.3 is 4.74 Å². The van der Waals surface area contributed by atoms with Crippen LogP contribution in [0.25, 0.3) is 0 Å². The first-order chi connectivity index (χ1) is 10.0. The molecule has 0 radical (unpaired) electrons. The highest BCUT2D eigenvalue weighted by atomic mass is 35.5. The number of rotatable bonds is 4. The van der Waals surface area contributed by atoms with Crippen molar-refractivity contribution in [3.63, 3.8) is 0 Å². The van der Waals surface area contributed by atoms with Crippen molar-refractivity contribution in [2.45, 2.75) is 6.61 Å². The smallest absolute Gasteiger partial charge is 0.272 e. The monoisotopic (exact) mass is 306 g/mol. The van der Waals surface area contributed by atoms with Gasteiger partial charge >= 0.3 is 0 Å². The van der Waals surface area contributed by atoms with E-state index < -0.39 is 10.7 Å². The largest absolute Gasteiger partial charge is 0.487 e. The number of nitriles is 1. The first kappa shape index (κ1) is 14.8. The average Bonchev–Trinajstić information content (AvgIpc) is 2.44. The fourth-order valence-corrected chi connectivity index (χ4v) is 1.92. The Morgan fingerprint density at radius 3 is 2.81 bits per heavy atom. The molecule has 0 saturated carbocycles. The van der Waals surface area contributed by atoms with Crippen molar-refractivity contribution in [2.24, 2.45) is 0 Å². The summed E-state index contributed by atoms with van der Waals surface area (Å²) in [7, 11) is 0. The zero-order valence-electron chi connectivity index (χ0n) is 10.5. The molecule has 0 amide bonds. The number of hydrogen-bond donors (Lipinski definition) is 0. The Labute approximate surface area is 124 Å². The molecule has 7 heteroatoms. The number of nitro benzene ring substituents is 1. The minimum absolute atomic E-state index is 0.117. The summed E-state index contributed by atoms with van der Waals surface area (Å²) in [6.07, 6.45) is 0. The molecular formula is C14H8ClFN2O3. The van der Waals surface area contributed by atoms with Crippen LogP contribution < -0.4 is 4.74 Å². The van der Waals surface area contributed by atoms with Crippen LogP contribution >= 0.6 is 11.6 Å². The summed E-state index contributed by atoms with van der Waals surface area (Å²) in [5, 5.41) is 19.9. The second kappa shape index (κ2) is 6.20. The second-order valence-corrected chi connectivity index (χ2v) is 4.50. The number of nitrogens with zero attached hydrogens (tertiary/aromatic N) is 2. The fraction of sp³-hybridized carbons (Fsp3) is 0.0714. The van der Waals surface area contributed by atoms with Crippen LogP contribution in [0.3, 0.4) is 0 Å². The summed E-state index contributed by atoms with van der Waals surface area (Å²) in [6.45, 7) is -0.117. The number of non-ortho nitro benzene ring substituents is 1. The molecule has 106 valence electrons. The molecule has 2 aromatic rings. The van der Waals surface area contributed by atoms with Crippen LogP contribution in [-0.2, 0) is 6.61 Å². The number of nitro groups is 1. The summed E-state index contributed by atoms with van der Waals surface area (Å²) in [5.74, 6) is -0.494. The van der Waals surface area contributed by atoms with Crippen LogP contribution in [0.2, 0.25) is 5.02 Å². The molecule has 0 atom stereocenters. The number of benzene rings is 2. The molecule has 21 heavy (non-hydrogen) atoms. The first-order valence-corrected chi connectivity index (χ1v) is 6.14. The van der Waals surface area contributed by atoms with E-state index in [1.165, 1.54) is 12.1 Å². The van der Waals surface area contributed by atoms with E-state index in [-0.39, 0.29) is 34.2 Å². The van der Waals surface area contributed by atoms with Gasteiger partial charge in [0.15, 0.2) is 0 Å². The van der Waals surface area contributed by atoms with Crippen LogP contribution in [0.15, 0.2) is 36.4 Å². The van der Waals surface area contributed by atoms with Crippen LogP contribution in [0.1, 0.15) is 11.1 Å². The minimum Gasteiger partial charge on any atom is -0.487 e. The van der Waals surface area contributed by atoms with Crippen molar-refractivity contribution in [1.29, 1.82) is 5.26 Å². The van der Waals surface area contributed by atoms with Gasteiger partial charge in [0.2, 0.25) is 0 Å². The fourth-order valence-electron chi connectivity index (χ4n) is 1.72. The number of hydrogen-bond acceptors (Lipinski definition) is 4. The third-order valence-electron chi connectivity index (χ3n) is 2.63. The third kappa shape index (κ3) is 3.46. The number of ether oxygens (including phenoxy) is 1. The Morgan fingerprint density at radius 1 is 1.38 bits per heavy atom. The van der Waals surface area contributed by atoms with E-state index in [0.29, 0.717) is 0 Å². The Hall–Kier alpha value is -2.65. The molecule has 2 aromatic carbocycles. The van der Waals surface area contributed by atoms with Gasteiger partial charge in [-0.2, -0.15) is 5.26 Å². The molecule has 2 rings (SSSR count). The quantitative estimate of drug-likeness (QED) is 0.635. The van der Waals surface area contributed by atoms with Crippen molar-refractivity contribution in [3.05, 3.63) is 68.5 Å². The van der Waals surface area contributed by atoms with Crippen molar-refractivity contribution in [3.8, 4) is 11.8 Å². The third-order valence-corrected chi connectivity index (χ3v) is 2.95. The molecule has 0 aromatic heterocycles. The maximum absolute atomic E-state index is 13.3. The molecule has 0 aliphatic rings. The van der Waals surface area contributed by atoms with Gasteiger partial charge in [-0.15, -0.1) is 0 Å². The lowest BCUT2D eigenvalue weighted by molar-refractivity contribution is -0.385. The minimum atomic E-state index is -0.727. The highest BCUT2D eigenvalue weighted by molar-refractivity contribution is 6.31. The van der Waals surface area contributed by atoms with Crippen molar-refractivity contribution in [2.75, 3.05) is 0 Å². The summed E-state index contributed by atoms with van der Waals surface area (Å²) in [4.78, 5) is 9.97. The van der Waals surface area contributed by atoms with Gasteiger partial charge in [0.1, 0.15) is 29.8 Å². The van der Waals surface area contributed by atoms with E-state index in [1.807, 2.05) is 6.07 Å². The topological polar surface area (TPSA) is 76.2 Å². The van der Waals surface area contributed by atoms with E-state index >= 15 is 0 Å². The normalized spacial score (nSPS) is 9.95. The Kier molecular flexibility index (Phi) is 4.36. The molecule has 0 spiro atoms. The lowest BCUT2D eigenvalue weighted by atomic mass is 10.2. The molecule has 0 fully saturated rings. The molecule has 0 aliphatic heterocycles. The van der Waals surface area contributed by atoms with Crippen LogP contribution in [0.4, 0.5) is 10.1 Å². The Balaban J connectivity index is 2.23. The molecule has 0 unspecified atom stereocenters. The van der Waals surface area contributed by atoms with E-state index in [2.05, 4.69) is 0 Å². The van der Waals surface area contributed by atoms with E-state index in [4.69, 9.17) is 21.6 Å². The highest BCUT2D eigenvalue weighted by Crippen LogP contribution is 2.26. The number of halogens is 2. The maximum Gasteiger partial charge on any atom is 0.272 e. The lowest BCUT2D eigenvalue weighted by Crippen LogP contribution is -2.00. The van der Waals surface area contributed by atoms with Gasteiger partial charge in [0, 0.05) is 6.07 Å². The molecule has 0 heterocycles. The van der Waals surface area contributed by atoms with Crippen molar-refractivity contribution >= 4 is 17.3 Å². The van der Waals surface area contributed by atoms with Gasteiger partial charge in [-0.05, 0) is 23.8 Å². The molecular weight excluding hydrogens is 299 g/mol. The average molecular weight is 307 g/mol. The molecule has 0 N–H and O–H groups in total. The van der Waals surface area contributed by atoms with Gasteiger partial charge in [-0.25, -0.2) is 4.39 Å². The van der Waals surface area contributed by atoms with Crippen LogP contribution in [0, 0.1) is 27.3 Å². The van der Waals surface area contributed by atoms with Gasteiger partial charge in [-0.1, -0.05) is 17.7 Å². The zero-order valence-corrected chi connectivity index (χ0v) is 11.3. The summed E-state index contributed by atoms with van der Waals surface area (Å²) < 4.78 is 18.7. The predicted molar refractivity (Wildman–Crippen MR) is 73.6 cm³/mol. The summed E-state index contributed by atoms with van der Waals surface area (Å²) in [5.41, 5.74) is 0.0795. The Bertz CT molecular complexity index is 743. The highest BCUT2D eigenvalue weighted by Gasteiger charge is 2.12. The van der Waals surface area contributed by atoms with E-state index in [9.17, 15) is 14.5 Å². The van der Waals surface area contributed by atoms with E-state index in [1.54, 1.807) is 12.1 Å². The Morgan fingerprint density at radius 2 is 2.14 bits per heavy atom. The summed E-state index contributed by atoms with van der Waals surface area (Å²) in [6, 6.07) is 9.75.